The van der Waals surface area contributed by atoms with Gasteiger partial charge in [-0.15, -0.1) is 5.10 Å². The summed E-state index contributed by atoms with van der Waals surface area (Å²) in [5.74, 6) is 0.00517. The van der Waals surface area contributed by atoms with Gasteiger partial charge in [-0.25, -0.2) is 18.4 Å². The first-order valence-electron chi connectivity index (χ1n) is 13.9. The lowest BCUT2D eigenvalue weighted by molar-refractivity contribution is 0.0183. The zero-order valence-electron chi connectivity index (χ0n) is 24.7. The van der Waals surface area contributed by atoms with Crippen LogP contribution >= 0.6 is 0 Å². The van der Waals surface area contributed by atoms with E-state index in [1.54, 1.807) is 29.5 Å². The van der Waals surface area contributed by atoms with Crippen molar-refractivity contribution in [1.29, 1.82) is 5.26 Å². The van der Waals surface area contributed by atoms with E-state index in [2.05, 4.69) is 26.5 Å². The predicted octanol–water partition coefficient (Wildman–Crippen LogP) is 5.68. The Morgan fingerprint density at radius 1 is 1.17 bits per heavy atom. The number of rotatable bonds is 6. The maximum absolute atomic E-state index is 13.6. The molecule has 1 amide bonds. The average Bonchev–Trinajstić information content (AvgIpc) is 3.58. The van der Waals surface area contributed by atoms with Gasteiger partial charge in [-0.3, -0.25) is 4.98 Å². The molecule has 0 N–H and O–H groups in total. The van der Waals surface area contributed by atoms with E-state index >= 15 is 0 Å². The van der Waals surface area contributed by atoms with E-state index < -0.39 is 22.9 Å². The molecule has 0 bridgehead atoms. The second-order valence-corrected chi connectivity index (χ2v) is 12.2. The molecule has 1 fully saturated rings. The molecule has 5 rings (SSSR count). The topological polar surface area (TPSA) is 123 Å². The van der Waals surface area contributed by atoms with Crippen molar-refractivity contribution in [3.63, 3.8) is 0 Å². The van der Waals surface area contributed by atoms with E-state index in [9.17, 15) is 14.4 Å². The number of pyridine rings is 2. The number of nitrogens with zero attached hydrogens (tertiary/aromatic N) is 8. The minimum absolute atomic E-state index is 0.0828. The van der Waals surface area contributed by atoms with Gasteiger partial charge in [-0.2, -0.15) is 10.4 Å². The second-order valence-electron chi connectivity index (χ2n) is 12.2. The van der Waals surface area contributed by atoms with Crippen LogP contribution in [0.1, 0.15) is 71.0 Å². The number of halogens is 1. The Labute approximate surface area is 243 Å². The summed E-state index contributed by atoms with van der Waals surface area (Å²) in [6.07, 6.45) is 5.00. The largest absolute Gasteiger partial charge is 0.480 e. The number of carbonyl (C=O) groups is 1. The van der Waals surface area contributed by atoms with Crippen LogP contribution < -0.4 is 4.74 Å². The molecule has 0 aromatic carbocycles. The van der Waals surface area contributed by atoms with Crippen LogP contribution in [0.5, 0.6) is 5.75 Å². The van der Waals surface area contributed by atoms with Gasteiger partial charge in [0, 0.05) is 24.8 Å². The lowest BCUT2D eigenvalue weighted by Crippen LogP contribution is -2.42. The number of carbonyl (C=O) groups excluding carboxylic acids is 1. The number of ether oxygens (including phenoxy) is 2. The number of hydrogen-bond donors (Lipinski definition) is 0. The van der Waals surface area contributed by atoms with Gasteiger partial charge >= 0.3 is 6.09 Å². The number of likely N-dealkylation sites (tertiary alicyclic amines) is 1. The van der Waals surface area contributed by atoms with Crippen LogP contribution in [0.15, 0.2) is 42.9 Å². The number of aromatic nitrogens is 6. The van der Waals surface area contributed by atoms with Crippen molar-refractivity contribution in [1.82, 2.24) is 34.5 Å². The molecule has 1 unspecified atom stereocenters. The molecule has 1 aliphatic heterocycles. The Bertz CT molecular complexity index is 1620. The fourth-order valence-electron chi connectivity index (χ4n) is 5.10. The highest BCUT2D eigenvalue weighted by atomic mass is 19.1. The molecule has 0 aliphatic carbocycles. The fraction of sp³-hybridized carbons (Fsp3) is 0.467. The number of nitriles is 1. The molecule has 12 heteroatoms. The molecular formula is C30H35FN8O3. The first-order valence-corrected chi connectivity index (χ1v) is 13.9. The molecule has 1 aliphatic rings. The lowest BCUT2D eigenvalue weighted by Gasteiger charge is -2.33. The SMILES string of the molecule is Cc1c(-c2cc(OC(c3ccc(F)cn3)C(C)(C)C#N)c3ccnn3c2)nnn1C1CCN(C(=O)OC(C)(C)C)CC1. The zero-order valence-corrected chi connectivity index (χ0v) is 24.7. The Morgan fingerprint density at radius 2 is 1.90 bits per heavy atom. The summed E-state index contributed by atoms with van der Waals surface area (Å²) in [6, 6.07) is 8.88. The van der Waals surface area contributed by atoms with Crippen molar-refractivity contribution in [2.24, 2.45) is 5.41 Å². The van der Waals surface area contributed by atoms with Gasteiger partial charge in [0.2, 0.25) is 0 Å². The third-order valence-corrected chi connectivity index (χ3v) is 7.34. The van der Waals surface area contributed by atoms with Gasteiger partial charge in [0.15, 0.2) is 6.10 Å². The highest BCUT2D eigenvalue weighted by Crippen LogP contribution is 2.39. The summed E-state index contributed by atoms with van der Waals surface area (Å²) < 4.78 is 29.3. The van der Waals surface area contributed by atoms with E-state index in [1.165, 1.54) is 12.1 Å². The lowest BCUT2D eigenvalue weighted by atomic mass is 9.86. The van der Waals surface area contributed by atoms with E-state index in [0.717, 1.165) is 30.3 Å². The van der Waals surface area contributed by atoms with Gasteiger partial charge in [0.05, 0.1) is 41.3 Å². The molecule has 0 radical (unpaired) electrons. The molecule has 1 saturated heterocycles. The van der Waals surface area contributed by atoms with Crippen molar-refractivity contribution in [3.05, 3.63) is 60.1 Å². The van der Waals surface area contributed by atoms with Crippen molar-refractivity contribution in [2.75, 3.05) is 13.1 Å². The number of fused-ring (bicyclic) bond motifs is 1. The van der Waals surface area contributed by atoms with Crippen molar-refractivity contribution < 1.29 is 18.7 Å². The Kier molecular flexibility index (Phi) is 7.62. The van der Waals surface area contributed by atoms with Gasteiger partial charge < -0.3 is 14.4 Å². The highest BCUT2D eigenvalue weighted by Gasteiger charge is 2.35. The highest BCUT2D eigenvalue weighted by molar-refractivity contribution is 5.70. The Balaban J connectivity index is 1.42. The van der Waals surface area contributed by atoms with Gasteiger partial charge in [0.1, 0.15) is 28.4 Å². The second kappa shape index (κ2) is 11.0. The molecule has 11 nitrogen and oxygen atoms in total. The number of hydrogen-bond acceptors (Lipinski definition) is 8. The molecular weight excluding hydrogens is 539 g/mol. The summed E-state index contributed by atoms with van der Waals surface area (Å²) in [5, 5.41) is 23.3. The van der Waals surface area contributed by atoms with Crippen LogP contribution in [0.3, 0.4) is 0 Å². The Hall–Kier alpha value is -4.53. The molecule has 4 aromatic rings. The van der Waals surface area contributed by atoms with Gasteiger partial charge in [-0.1, -0.05) is 5.21 Å². The van der Waals surface area contributed by atoms with Crippen LogP contribution in [-0.2, 0) is 4.74 Å². The smallest absolute Gasteiger partial charge is 0.410 e. The monoisotopic (exact) mass is 574 g/mol. The van der Waals surface area contributed by atoms with E-state index in [4.69, 9.17) is 9.47 Å². The number of amides is 1. The summed E-state index contributed by atoms with van der Waals surface area (Å²) in [7, 11) is 0. The van der Waals surface area contributed by atoms with Crippen molar-refractivity contribution in [2.45, 2.75) is 72.1 Å². The van der Waals surface area contributed by atoms with Crippen molar-refractivity contribution in [3.8, 4) is 23.1 Å². The Morgan fingerprint density at radius 3 is 2.55 bits per heavy atom. The van der Waals surface area contributed by atoms with Gasteiger partial charge in [0.25, 0.3) is 0 Å². The standard InChI is InChI=1S/C30H35FN8O3/c1-19-26(35-36-39(19)22-10-13-37(14-11-22)28(40)42-29(2,3)4)20-15-25(24-9-12-34-38(24)17-20)41-27(30(5,6)18-32)23-8-7-21(31)16-33-23/h7-9,12,15-17,22,27H,10-11,13-14H2,1-6H3. The summed E-state index contributed by atoms with van der Waals surface area (Å²) in [5.41, 5.74) is 1.89. The fourth-order valence-corrected chi connectivity index (χ4v) is 5.10. The molecule has 0 spiro atoms. The van der Waals surface area contributed by atoms with E-state index in [1.807, 2.05) is 50.7 Å². The molecule has 42 heavy (non-hydrogen) atoms. The third kappa shape index (κ3) is 5.91. The quantitative estimate of drug-likeness (QED) is 0.288. The summed E-state index contributed by atoms with van der Waals surface area (Å²) in [6.45, 7) is 12.2. The minimum atomic E-state index is -0.981. The van der Waals surface area contributed by atoms with Crippen LogP contribution in [-0.4, -0.2) is 59.3 Å². The predicted molar refractivity (Wildman–Crippen MR) is 152 cm³/mol. The van der Waals surface area contributed by atoms with Crippen LogP contribution in [0, 0.1) is 29.5 Å². The molecule has 5 heterocycles. The molecule has 1 atom stereocenters. The molecule has 0 saturated carbocycles. The minimum Gasteiger partial charge on any atom is -0.480 e. The van der Waals surface area contributed by atoms with E-state index in [0.29, 0.717) is 35.7 Å². The van der Waals surface area contributed by atoms with Crippen LogP contribution in [0.2, 0.25) is 0 Å². The summed E-state index contributed by atoms with van der Waals surface area (Å²) >= 11 is 0. The van der Waals surface area contributed by atoms with Crippen LogP contribution in [0.4, 0.5) is 9.18 Å². The van der Waals surface area contributed by atoms with Crippen molar-refractivity contribution >= 4 is 11.6 Å². The average molecular weight is 575 g/mol. The normalized spacial score (nSPS) is 15.4. The van der Waals surface area contributed by atoms with E-state index in [-0.39, 0.29) is 12.1 Å². The molecule has 220 valence electrons. The maximum Gasteiger partial charge on any atom is 0.410 e. The number of piperidine rings is 1. The first kappa shape index (κ1) is 29.0. The molecule has 4 aromatic heterocycles. The first-order chi connectivity index (χ1) is 19.9. The van der Waals surface area contributed by atoms with Gasteiger partial charge in [-0.05, 0) is 78.6 Å². The summed E-state index contributed by atoms with van der Waals surface area (Å²) in [4.78, 5) is 18.4. The van der Waals surface area contributed by atoms with Crippen LogP contribution in [0.25, 0.3) is 16.8 Å². The maximum atomic E-state index is 13.6. The zero-order chi connectivity index (χ0) is 30.2. The third-order valence-electron chi connectivity index (χ3n) is 7.34.